The van der Waals surface area contributed by atoms with Crippen molar-refractivity contribution in [3.63, 3.8) is 0 Å². The van der Waals surface area contributed by atoms with E-state index in [1.807, 2.05) is 62.0 Å². The summed E-state index contributed by atoms with van der Waals surface area (Å²) in [5.74, 6) is -2.43. The number of aliphatic hydroxyl groups is 7. The lowest BCUT2D eigenvalue weighted by Crippen LogP contribution is -3.11. The van der Waals surface area contributed by atoms with Crippen molar-refractivity contribution in [3.05, 3.63) is 108 Å². The summed E-state index contributed by atoms with van der Waals surface area (Å²) in [5.41, 5.74) is -1.68. The molecule has 2 aromatic rings. The van der Waals surface area contributed by atoms with Crippen LogP contribution in [0.4, 0.5) is 31.1 Å². The smallest absolute Gasteiger partial charge is 0.416 e. The molecule has 2 heterocycles. The molecule has 1 saturated heterocycles. The lowest BCUT2D eigenvalue weighted by Gasteiger charge is -2.19. The Morgan fingerprint density at radius 2 is 1.03 bits per heavy atom. The maximum atomic E-state index is 12.8. The zero-order valence-electron chi connectivity index (χ0n) is 62.9. The van der Waals surface area contributed by atoms with Crippen LogP contribution >= 0.6 is 11.6 Å². The minimum absolute atomic E-state index is 0. The highest BCUT2D eigenvalue weighted by Gasteiger charge is 2.41. The number of alkyl halides is 6. The first-order valence-corrected chi connectivity index (χ1v) is 35.7. The monoisotopic (exact) mass is 1540 g/mol. The molecule has 20 nitrogen and oxygen atoms in total. The molecule has 2 aliphatic carbocycles. The van der Waals surface area contributed by atoms with Gasteiger partial charge in [-0.1, -0.05) is 81.5 Å². The van der Waals surface area contributed by atoms with E-state index >= 15 is 0 Å². The summed E-state index contributed by atoms with van der Waals surface area (Å²) in [4.78, 5) is 42.3. The molecule has 0 aromatic heterocycles. The number of amidine groups is 1. The van der Waals surface area contributed by atoms with Crippen molar-refractivity contribution in [2.75, 3.05) is 107 Å². The number of nitrogens with zero attached hydrogens (tertiary/aromatic N) is 5. The second kappa shape index (κ2) is 56.1. The minimum Gasteiger partial charge on any atom is -1.00 e. The zero-order chi connectivity index (χ0) is 77.0. The van der Waals surface area contributed by atoms with E-state index in [2.05, 4.69) is 46.4 Å². The molecule has 6 rings (SSSR count). The van der Waals surface area contributed by atoms with E-state index in [9.17, 15) is 71.4 Å². The molecule has 29 heteroatoms. The predicted molar refractivity (Wildman–Crippen MR) is 384 cm³/mol. The summed E-state index contributed by atoms with van der Waals surface area (Å²) in [6.07, 6.45) is 3.40. The number of carboxylic acid groups (broad SMARTS) is 1. The van der Waals surface area contributed by atoms with Gasteiger partial charge in [-0.3, -0.25) is 19.1 Å². The van der Waals surface area contributed by atoms with Gasteiger partial charge in [-0.05, 0) is 155 Å². The molecule has 2 saturated carbocycles. The number of carbonyl (C=O) groups is 3. The molecule has 10 atom stereocenters. The van der Waals surface area contributed by atoms with E-state index in [1.54, 1.807) is 54.5 Å². The normalized spacial score (nSPS) is 20.8. The van der Waals surface area contributed by atoms with Gasteiger partial charge in [0.2, 0.25) is 0 Å². The van der Waals surface area contributed by atoms with Crippen LogP contribution in [0, 0.1) is 23.7 Å². The van der Waals surface area contributed by atoms with E-state index in [-0.39, 0.29) is 111 Å². The predicted octanol–water partition coefficient (Wildman–Crippen LogP) is 3.81. The second-order valence-corrected chi connectivity index (χ2v) is 26.0. The summed E-state index contributed by atoms with van der Waals surface area (Å²) >= 11 is 5.78. The highest BCUT2D eigenvalue weighted by molar-refractivity contribution is 6.63. The Labute approximate surface area is 626 Å². The molecule has 596 valence electrons. The topological polar surface area (TPSA) is 261 Å². The van der Waals surface area contributed by atoms with Crippen LogP contribution < -0.4 is 39.2 Å². The van der Waals surface area contributed by atoms with E-state index in [1.165, 1.54) is 75.7 Å². The second-order valence-electron chi connectivity index (χ2n) is 25.7. The Hall–Kier alpha value is -5.23. The number of nitrogens with one attached hydrogen (secondary N) is 1. The number of hydrogen-bond donors (Lipinski definition) is 9. The number of urea groups is 1. The molecule has 103 heavy (non-hydrogen) atoms. The number of esters is 1. The zero-order valence-corrected chi connectivity index (χ0v) is 65.2. The average Bonchev–Trinajstić information content (AvgIpc) is 1.76. The Balaban J connectivity index is -0.00000132. The molecule has 9 N–H and O–H groups in total. The number of aliphatic carboxylic acids is 1. The molecule has 0 radical (unpaired) electrons. The van der Waals surface area contributed by atoms with Crippen LogP contribution in [0.2, 0.25) is 0 Å². The third-order valence-electron chi connectivity index (χ3n) is 16.8. The van der Waals surface area contributed by atoms with Crippen LogP contribution in [0.15, 0.2) is 97.1 Å². The number of benzene rings is 2. The van der Waals surface area contributed by atoms with E-state index in [0.717, 1.165) is 55.7 Å². The maximum Gasteiger partial charge on any atom is 0.416 e. The van der Waals surface area contributed by atoms with Crippen molar-refractivity contribution in [2.45, 2.75) is 195 Å². The van der Waals surface area contributed by atoms with Gasteiger partial charge in [-0.2, -0.15) is 26.3 Å². The fourth-order valence-electron chi connectivity index (χ4n) is 10.7. The summed E-state index contributed by atoms with van der Waals surface area (Å²) < 4.78 is 94.3. The molecule has 4 aliphatic rings. The van der Waals surface area contributed by atoms with E-state index < -0.39 is 72.0 Å². The molecule has 2 aromatic carbocycles. The molecule has 2 aliphatic heterocycles. The summed E-state index contributed by atoms with van der Waals surface area (Å²) in [5, 5.41) is 79.0. The van der Waals surface area contributed by atoms with Crippen LogP contribution in [0.3, 0.4) is 0 Å². The quantitative estimate of drug-likeness (QED) is 0.0140. The number of carbonyl (C=O) groups excluding carboxylic acids is 2. The minimum atomic E-state index is -4.49. The number of amides is 2. The van der Waals surface area contributed by atoms with Gasteiger partial charge in [0.15, 0.2) is 0 Å². The number of quaternary nitrogens is 1. The van der Waals surface area contributed by atoms with Gasteiger partial charge in [0.05, 0.1) is 75.4 Å². The van der Waals surface area contributed by atoms with E-state index in [0.29, 0.717) is 44.9 Å². The van der Waals surface area contributed by atoms with Crippen molar-refractivity contribution in [1.29, 1.82) is 0 Å². The van der Waals surface area contributed by atoms with Crippen molar-refractivity contribution in [3.8, 4) is 11.5 Å². The maximum absolute atomic E-state index is 12.8. The first-order valence-electron chi connectivity index (χ1n) is 35.3. The van der Waals surface area contributed by atoms with Gasteiger partial charge >= 0.3 is 35.6 Å². The van der Waals surface area contributed by atoms with Gasteiger partial charge < -0.3 is 99.5 Å². The van der Waals surface area contributed by atoms with Gasteiger partial charge in [-0.15, -0.1) is 0 Å². The lowest BCUT2D eigenvalue weighted by molar-refractivity contribution is -0.894. The summed E-state index contributed by atoms with van der Waals surface area (Å²) in [6.45, 7) is 31.0. The third-order valence-corrected chi connectivity index (χ3v) is 17.4. The Bertz CT molecular complexity index is 2710. The van der Waals surface area contributed by atoms with Crippen LogP contribution in [0.5, 0.6) is 11.5 Å². The van der Waals surface area contributed by atoms with Crippen LogP contribution in [0.25, 0.3) is 0 Å². The number of carboxylic acids is 1. The number of aliphatic hydroxyl groups excluding tert-OH is 7. The van der Waals surface area contributed by atoms with Crippen molar-refractivity contribution >= 4 is 34.9 Å². The number of allylic oxidation sites excluding steroid dienone is 4. The average molecular weight is 1540 g/mol. The molecule has 0 unspecified atom stereocenters. The van der Waals surface area contributed by atoms with Crippen molar-refractivity contribution in [2.24, 2.45) is 23.7 Å². The fourth-order valence-corrected chi connectivity index (χ4v) is 10.9. The SMILES string of the molecule is CC(C)O.CC(C)OC(=O)CCC/C=C\C[C@@H]1[C@@H](/C=C/[C@@H](O)COc2cccc(C(F)(F)F)c2)[C@H](O)C[C@@H]1O.CCN(CC)CC.CC[NH+](CC)CC.CN1CCN(C)C1=O.CN1CC[N+](C)=C1Cl.O=C(O)CCC/C=C\C[C@@H]1[C@@H](/C=C/[C@@H](O)COc2cccc(C(F)(F)F)c2)[C@H](O)C[C@@H]1O.[Cl-].[Cl-]. The number of likely N-dealkylation sites (N-methyl/N-ethyl adjacent to an activating group) is 4. The van der Waals surface area contributed by atoms with Crippen molar-refractivity contribution in [1.82, 2.24) is 19.6 Å². The molecule has 0 spiro atoms. The number of unbranched alkanes of at least 4 members (excludes halogenated alkanes) is 2. The molecule has 0 bridgehead atoms. The molecular formula is C74H123Cl3F6N6O14. The van der Waals surface area contributed by atoms with Gasteiger partial charge in [-0.25, -0.2) is 4.79 Å². The lowest BCUT2D eigenvalue weighted by atomic mass is 9.89. The first kappa shape index (κ1) is 102. The van der Waals surface area contributed by atoms with Crippen LogP contribution in [-0.2, 0) is 26.7 Å². The summed E-state index contributed by atoms with van der Waals surface area (Å²) in [7, 11) is 7.61. The number of hydrogen-bond acceptors (Lipinski definition) is 15. The van der Waals surface area contributed by atoms with E-state index in [4.69, 9.17) is 36.0 Å². The summed E-state index contributed by atoms with van der Waals surface area (Å²) in [6, 6.07) is 8.89. The third kappa shape index (κ3) is 45.1. The van der Waals surface area contributed by atoms with Crippen LogP contribution in [0.1, 0.15) is 145 Å². The van der Waals surface area contributed by atoms with Gasteiger partial charge in [0.1, 0.15) is 50.0 Å². The van der Waals surface area contributed by atoms with Crippen molar-refractivity contribution < 1.29 is 130 Å². The Kier molecular flexibility index (Phi) is 55.5. The highest BCUT2D eigenvalue weighted by atomic mass is 35.5. The number of ether oxygens (including phenoxy) is 3. The largest absolute Gasteiger partial charge is 1.00 e. The molecule has 2 amide bonds. The Morgan fingerprint density at radius 3 is 1.30 bits per heavy atom. The molecular weight excluding hydrogens is 1420 g/mol. The van der Waals surface area contributed by atoms with Gasteiger partial charge in [0.25, 0.3) is 0 Å². The van der Waals surface area contributed by atoms with Gasteiger partial charge in [0, 0.05) is 82.4 Å². The number of rotatable bonds is 29. The fraction of sp³-hybridized carbons (Fsp3) is 0.676. The van der Waals surface area contributed by atoms with Crippen LogP contribution in [-0.4, -0.2) is 244 Å². The highest BCUT2D eigenvalue weighted by Crippen LogP contribution is 2.38. The molecule has 3 fully saturated rings. The standard InChI is InChI=1S/C26H35F3O6.C23H29F3O6.2C6H15N.C5H10ClN2.C5H10N2O.C3H8O.2ClH/c1-17(2)35-25(33)11-6-4-3-5-10-21-22(24(32)15-23(21)31)13-12-19(30)16-34-20-9-7-8-18(14-20)26(27,28)29;24-23(25,26)15-6-5-7-17(12-15)32-14-16(27)10-11-19-18(20(28)13-21(19)29)8-3-1-2-4-9-22(30)31;2*1-4-7(5-2)6-3;1-7-3-4-8(2)5(7)6;1-6-3-4-7(2)5(6)8;1-3(2)4;;/h3,5,7-9,12-14,17,19,21-24,30-32H,4,6,10-11,15-16H2,1-2H3;1,3,5-7,10-12,16,18-21,27-29H,2,4,8-9,13-14H2,(H,30,31);2*4-6H2,1-3H3;2*3-4H2,1-2H3;3-4H,1-2H3;2*1H/q;;;;+1;;;;/p-1/b5-3-,13-12+;3-1-,11-10+;;;;;;;/t19-,21-,22-,23+,24-;16-,18-,19-,20+,21-;;;;;;;/m11......./s1. The number of halogens is 9. The Morgan fingerprint density at radius 1 is 0.641 bits per heavy atom. The first-order chi connectivity index (χ1) is 47.4.